The molecule has 1 aromatic rings. The molecule has 0 bridgehead atoms. The number of carbonyl (C=O) groups excluding carboxylic acids is 1. The van der Waals surface area contributed by atoms with Gasteiger partial charge in [-0.05, 0) is 29.5 Å². The summed E-state index contributed by atoms with van der Waals surface area (Å²) in [6.45, 7) is 3.97. The van der Waals surface area contributed by atoms with Crippen molar-refractivity contribution in [1.82, 2.24) is 5.32 Å². The minimum absolute atomic E-state index is 0.0383. The summed E-state index contributed by atoms with van der Waals surface area (Å²) in [7, 11) is 0. The fourth-order valence-electron chi connectivity index (χ4n) is 2.03. The predicted octanol–water partition coefficient (Wildman–Crippen LogP) is 3.54. The van der Waals surface area contributed by atoms with E-state index in [-0.39, 0.29) is 18.7 Å². The first-order valence-electron chi connectivity index (χ1n) is 6.62. The molecule has 0 aliphatic heterocycles. The number of halogens is 2. The lowest BCUT2D eigenvalue weighted by molar-refractivity contribution is -0.139. The van der Waals surface area contributed by atoms with Crippen molar-refractivity contribution in [2.45, 2.75) is 33.1 Å². The van der Waals surface area contributed by atoms with Gasteiger partial charge in [0, 0.05) is 23.0 Å². The second-order valence-electron chi connectivity index (χ2n) is 5.75. The van der Waals surface area contributed by atoms with Gasteiger partial charge < -0.3 is 10.4 Å². The summed E-state index contributed by atoms with van der Waals surface area (Å²) in [5.74, 6) is -1.06. The van der Waals surface area contributed by atoms with E-state index in [9.17, 15) is 9.59 Å². The van der Waals surface area contributed by atoms with E-state index in [1.54, 1.807) is 26.0 Å². The summed E-state index contributed by atoms with van der Waals surface area (Å²) in [6.07, 6.45) is 0.734. The molecular formula is C15H19Cl2NO3. The Balaban J connectivity index is 2.41. The molecule has 0 fully saturated rings. The van der Waals surface area contributed by atoms with Gasteiger partial charge in [-0.25, -0.2) is 0 Å². The Morgan fingerprint density at radius 1 is 1.24 bits per heavy atom. The van der Waals surface area contributed by atoms with Crippen molar-refractivity contribution < 1.29 is 14.7 Å². The van der Waals surface area contributed by atoms with Crippen molar-refractivity contribution in [3.8, 4) is 0 Å². The first-order chi connectivity index (χ1) is 9.69. The normalized spacial score (nSPS) is 11.2. The van der Waals surface area contributed by atoms with Crippen LogP contribution in [0.1, 0.15) is 32.3 Å². The minimum atomic E-state index is -0.902. The summed E-state index contributed by atoms with van der Waals surface area (Å²) >= 11 is 11.9. The second kappa shape index (κ2) is 7.66. The number of aliphatic carboxylic acids is 1. The van der Waals surface area contributed by atoms with Crippen LogP contribution in [0.2, 0.25) is 10.0 Å². The van der Waals surface area contributed by atoms with Gasteiger partial charge in [-0.2, -0.15) is 0 Å². The molecular weight excluding hydrogens is 313 g/mol. The zero-order valence-corrected chi connectivity index (χ0v) is 13.6. The first-order valence-corrected chi connectivity index (χ1v) is 7.38. The van der Waals surface area contributed by atoms with Gasteiger partial charge in [0.05, 0.1) is 6.42 Å². The summed E-state index contributed by atoms with van der Waals surface area (Å²) < 4.78 is 0. The van der Waals surface area contributed by atoms with Crippen molar-refractivity contribution in [2.75, 3.05) is 6.54 Å². The summed E-state index contributed by atoms with van der Waals surface area (Å²) in [6, 6.07) is 5.24. The number of carbonyl (C=O) groups is 2. The Kier molecular flexibility index (Phi) is 6.49. The van der Waals surface area contributed by atoms with Gasteiger partial charge in [-0.15, -0.1) is 0 Å². The number of carboxylic acid groups (broad SMARTS) is 1. The maximum absolute atomic E-state index is 11.8. The van der Waals surface area contributed by atoms with Gasteiger partial charge in [0.15, 0.2) is 0 Å². The molecule has 0 heterocycles. The van der Waals surface area contributed by atoms with E-state index in [4.69, 9.17) is 28.3 Å². The molecule has 4 nitrogen and oxygen atoms in total. The molecule has 0 unspecified atom stereocenters. The van der Waals surface area contributed by atoms with E-state index >= 15 is 0 Å². The number of carboxylic acids is 1. The van der Waals surface area contributed by atoms with Crippen LogP contribution in [0.15, 0.2) is 18.2 Å². The molecule has 0 saturated heterocycles. The number of amides is 1. The van der Waals surface area contributed by atoms with E-state index in [1.807, 2.05) is 6.07 Å². The molecule has 6 heteroatoms. The maximum atomic E-state index is 11.8. The Morgan fingerprint density at radius 3 is 2.48 bits per heavy atom. The molecule has 0 aromatic heterocycles. The molecule has 0 aliphatic rings. The number of hydrogen-bond acceptors (Lipinski definition) is 2. The van der Waals surface area contributed by atoms with Crippen LogP contribution >= 0.6 is 23.2 Å². The SMILES string of the molecule is CC(C)(CC(=O)O)CC(=O)NCCc1ccc(Cl)cc1Cl. The molecule has 116 valence electrons. The van der Waals surface area contributed by atoms with Gasteiger partial charge in [0.1, 0.15) is 0 Å². The summed E-state index contributed by atoms with van der Waals surface area (Å²) in [4.78, 5) is 22.5. The number of hydrogen-bond donors (Lipinski definition) is 2. The Morgan fingerprint density at radius 2 is 1.90 bits per heavy atom. The Hall–Kier alpha value is -1.26. The largest absolute Gasteiger partial charge is 0.481 e. The quantitative estimate of drug-likeness (QED) is 0.802. The maximum Gasteiger partial charge on any atom is 0.303 e. The zero-order valence-electron chi connectivity index (χ0n) is 12.1. The first kappa shape index (κ1) is 17.8. The van der Waals surface area contributed by atoms with Crippen LogP contribution in [0.5, 0.6) is 0 Å². The smallest absolute Gasteiger partial charge is 0.303 e. The molecule has 0 aliphatic carbocycles. The summed E-state index contributed by atoms with van der Waals surface area (Å²) in [5, 5.41) is 12.7. The molecule has 1 aromatic carbocycles. The van der Waals surface area contributed by atoms with E-state index in [2.05, 4.69) is 5.32 Å². The third kappa shape index (κ3) is 6.82. The zero-order chi connectivity index (χ0) is 16.0. The topological polar surface area (TPSA) is 66.4 Å². The van der Waals surface area contributed by atoms with Crippen LogP contribution in [-0.2, 0) is 16.0 Å². The van der Waals surface area contributed by atoms with Gasteiger partial charge in [-0.1, -0.05) is 43.1 Å². The molecule has 21 heavy (non-hydrogen) atoms. The van der Waals surface area contributed by atoms with Crippen molar-refractivity contribution in [1.29, 1.82) is 0 Å². The average molecular weight is 332 g/mol. The monoisotopic (exact) mass is 331 g/mol. The number of nitrogens with one attached hydrogen (secondary N) is 1. The van der Waals surface area contributed by atoms with Crippen LogP contribution in [0.25, 0.3) is 0 Å². The fraction of sp³-hybridized carbons (Fsp3) is 0.467. The Bertz CT molecular complexity index is 530. The van der Waals surface area contributed by atoms with Crippen LogP contribution in [0, 0.1) is 5.41 Å². The van der Waals surface area contributed by atoms with Crippen molar-refractivity contribution >= 4 is 35.1 Å². The predicted molar refractivity (Wildman–Crippen MR) is 83.8 cm³/mol. The summed E-state index contributed by atoms with van der Waals surface area (Å²) in [5.41, 5.74) is 0.347. The number of rotatable bonds is 7. The van der Waals surface area contributed by atoms with E-state index in [1.165, 1.54) is 0 Å². The van der Waals surface area contributed by atoms with E-state index < -0.39 is 11.4 Å². The highest BCUT2D eigenvalue weighted by Gasteiger charge is 2.24. The molecule has 0 spiro atoms. The highest BCUT2D eigenvalue weighted by Crippen LogP contribution is 2.25. The number of benzene rings is 1. The Labute approximate surface area is 134 Å². The van der Waals surface area contributed by atoms with Crippen molar-refractivity contribution in [2.24, 2.45) is 5.41 Å². The van der Waals surface area contributed by atoms with Crippen LogP contribution in [-0.4, -0.2) is 23.5 Å². The van der Waals surface area contributed by atoms with Crippen LogP contribution < -0.4 is 5.32 Å². The molecule has 0 atom stereocenters. The minimum Gasteiger partial charge on any atom is -0.481 e. The van der Waals surface area contributed by atoms with E-state index in [0.717, 1.165) is 5.56 Å². The molecule has 1 amide bonds. The molecule has 0 radical (unpaired) electrons. The van der Waals surface area contributed by atoms with Gasteiger partial charge in [-0.3, -0.25) is 9.59 Å². The lowest BCUT2D eigenvalue weighted by Crippen LogP contribution is -2.31. The average Bonchev–Trinajstić information content (AvgIpc) is 2.29. The lowest BCUT2D eigenvalue weighted by atomic mass is 9.85. The van der Waals surface area contributed by atoms with Crippen molar-refractivity contribution in [3.63, 3.8) is 0 Å². The lowest BCUT2D eigenvalue weighted by Gasteiger charge is -2.21. The third-order valence-electron chi connectivity index (χ3n) is 3.00. The third-order valence-corrected chi connectivity index (χ3v) is 3.59. The highest BCUT2D eigenvalue weighted by molar-refractivity contribution is 6.35. The van der Waals surface area contributed by atoms with E-state index in [0.29, 0.717) is 23.0 Å². The fourth-order valence-corrected chi connectivity index (χ4v) is 2.53. The van der Waals surface area contributed by atoms with Gasteiger partial charge >= 0.3 is 5.97 Å². The van der Waals surface area contributed by atoms with Crippen LogP contribution in [0.4, 0.5) is 0 Å². The van der Waals surface area contributed by atoms with Gasteiger partial charge in [0.2, 0.25) is 5.91 Å². The molecule has 0 saturated carbocycles. The highest BCUT2D eigenvalue weighted by atomic mass is 35.5. The molecule has 1 rings (SSSR count). The van der Waals surface area contributed by atoms with Crippen LogP contribution in [0.3, 0.4) is 0 Å². The van der Waals surface area contributed by atoms with Gasteiger partial charge in [0.25, 0.3) is 0 Å². The van der Waals surface area contributed by atoms with Crippen molar-refractivity contribution in [3.05, 3.63) is 33.8 Å². The standard InChI is InChI=1S/C15H19Cl2NO3/c1-15(2,9-14(20)21)8-13(19)18-6-5-10-3-4-11(16)7-12(10)17/h3-4,7H,5-6,8-9H2,1-2H3,(H,18,19)(H,20,21). The molecule has 2 N–H and O–H groups in total. The second-order valence-corrected chi connectivity index (χ2v) is 6.59.